The molecular weight excluding hydrogens is 1500 g/mol. The van der Waals surface area contributed by atoms with E-state index in [2.05, 4.69) is 19.7 Å². The van der Waals surface area contributed by atoms with Crippen molar-refractivity contribution in [2.45, 2.75) is 113 Å². The minimum absolute atomic E-state index is 0.0966. The predicted octanol–water partition coefficient (Wildman–Crippen LogP) is 19.2. The number of aliphatic carboxylic acids is 1. The number of halogens is 9. The second kappa shape index (κ2) is 35.3. The molecule has 0 amide bonds. The number of aromatic nitrogens is 6. The molecule has 0 saturated carbocycles. The van der Waals surface area contributed by atoms with Gasteiger partial charge >= 0.3 is 24.5 Å². The molecule has 31 heteroatoms. The third-order valence-electron chi connectivity index (χ3n) is 15.6. The van der Waals surface area contributed by atoms with Crippen LogP contribution in [0.3, 0.4) is 0 Å². The second-order valence-electron chi connectivity index (χ2n) is 24.3. The molecule has 3 heterocycles. The number of sulfone groups is 3. The first-order valence-corrected chi connectivity index (χ1v) is 39.2. The van der Waals surface area contributed by atoms with Crippen molar-refractivity contribution in [2.75, 3.05) is 25.4 Å². The monoisotopic (exact) mass is 1570 g/mol. The lowest BCUT2D eigenvalue weighted by Gasteiger charge is -2.12. The van der Waals surface area contributed by atoms with E-state index in [0.29, 0.717) is 131 Å². The number of hydrogen-bond donors (Lipinski definition) is 1. The van der Waals surface area contributed by atoms with E-state index in [-0.39, 0.29) is 37.2 Å². The van der Waals surface area contributed by atoms with E-state index in [4.69, 9.17) is 24.1 Å². The summed E-state index contributed by atoms with van der Waals surface area (Å²) in [4.78, 5) is 32.2. The Hall–Kier alpha value is -11.1. The highest BCUT2D eigenvalue weighted by Crippen LogP contribution is 2.41. The number of carboxylic acids is 1. The van der Waals surface area contributed by atoms with Gasteiger partial charge in [-0.3, -0.25) is 23.3 Å². The van der Waals surface area contributed by atoms with E-state index >= 15 is 0 Å². The first-order chi connectivity index (χ1) is 51.2. The van der Waals surface area contributed by atoms with E-state index in [1.54, 1.807) is 148 Å². The lowest BCUT2D eigenvalue weighted by Crippen LogP contribution is -2.05. The van der Waals surface area contributed by atoms with Gasteiger partial charge < -0.3 is 24.1 Å². The Morgan fingerprint density at radius 1 is 0.376 bits per heavy atom. The number of carbonyl (C=O) groups is 2. The van der Waals surface area contributed by atoms with Crippen molar-refractivity contribution in [3.05, 3.63) is 234 Å². The van der Waals surface area contributed by atoms with Gasteiger partial charge in [0.05, 0.1) is 71.6 Å². The number of alkyl halides is 9. The van der Waals surface area contributed by atoms with Crippen molar-refractivity contribution >= 4 is 74.6 Å². The zero-order valence-corrected chi connectivity index (χ0v) is 62.6. The van der Waals surface area contributed by atoms with Gasteiger partial charge in [0.1, 0.15) is 68.5 Å². The van der Waals surface area contributed by atoms with Gasteiger partial charge in [-0.2, -0.15) is 39.5 Å². The summed E-state index contributed by atoms with van der Waals surface area (Å²) in [6, 6.07) is 51.0. The van der Waals surface area contributed by atoms with Crippen molar-refractivity contribution < 1.29 is 98.4 Å². The Balaban J connectivity index is 0.000000193. The molecule has 576 valence electrons. The summed E-state index contributed by atoms with van der Waals surface area (Å²) < 4.78 is 220. The maximum atomic E-state index is 13.6. The van der Waals surface area contributed by atoms with Crippen LogP contribution in [0.5, 0.6) is 34.5 Å². The number of nitrogens with zero attached hydrogens (tertiary/aromatic N) is 6. The molecule has 0 unspecified atom stereocenters. The first kappa shape index (κ1) is 83.6. The van der Waals surface area contributed by atoms with Gasteiger partial charge in [-0.25, -0.2) is 40.2 Å². The Morgan fingerprint density at radius 2 is 0.606 bits per heavy atom. The number of carboxylic acid groups (broad SMARTS) is 1. The number of benzene rings is 9. The van der Waals surface area contributed by atoms with Crippen molar-refractivity contribution in [2.24, 2.45) is 0 Å². The van der Waals surface area contributed by atoms with Crippen LogP contribution < -0.4 is 14.2 Å². The van der Waals surface area contributed by atoms with E-state index < -0.39 is 70.7 Å². The van der Waals surface area contributed by atoms with Crippen molar-refractivity contribution in [1.29, 1.82) is 0 Å². The molecule has 12 aromatic rings. The number of rotatable bonds is 19. The number of para-hydroxylation sites is 3. The topological polar surface area (TPSA) is 247 Å². The molecule has 0 spiro atoms. The molecule has 109 heavy (non-hydrogen) atoms. The lowest BCUT2D eigenvalue weighted by atomic mass is 10.1. The molecule has 0 aliphatic carbocycles. The lowest BCUT2D eigenvalue weighted by molar-refractivity contribution is -0.140. The quantitative estimate of drug-likeness (QED) is 0.0584. The summed E-state index contributed by atoms with van der Waals surface area (Å²) in [6.07, 6.45) is -6.61. The zero-order chi connectivity index (χ0) is 80.0. The number of carbonyl (C=O) groups excluding carboxylic acids is 1. The Bertz CT molecular complexity index is 5080. The van der Waals surface area contributed by atoms with Crippen LogP contribution in [0.15, 0.2) is 215 Å². The van der Waals surface area contributed by atoms with Crippen molar-refractivity contribution in [3.8, 4) is 51.6 Å². The number of fused-ring (bicyclic) bond motifs is 3. The smallest absolute Gasteiger partial charge is 0.418 e. The standard InChI is InChI=1S/3C24H21F3N2O3S.C4H8O2.C2H4O2/c3*1-3-7-22-28-23-20(24(25,26)27)12-6-13-21(23)29(22)16-8-4-9-17(14-16)32-18-10-5-11-19(15-18)33(2,30)31;1-3-6-4(2)5;1-2(3)4/h3*4-6,8-15H,3,7H2,1-2H3;3H2,1-2H3;1H3,(H,3,4). The molecule has 12 rings (SSSR count). The summed E-state index contributed by atoms with van der Waals surface area (Å²) in [5.74, 6) is 2.73. The van der Waals surface area contributed by atoms with Crippen molar-refractivity contribution in [1.82, 2.24) is 28.7 Å². The molecule has 0 bridgehead atoms. The molecule has 1 N–H and O–H groups in total. The van der Waals surface area contributed by atoms with Crippen LogP contribution in [0.4, 0.5) is 39.5 Å². The van der Waals surface area contributed by atoms with Crippen LogP contribution in [0.25, 0.3) is 50.2 Å². The van der Waals surface area contributed by atoms with Gasteiger partial charge in [0.15, 0.2) is 29.5 Å². The van der Waals surface area contributed by atoms with Gasteiger partial charge in [-0.1, -0.05) is 75.4 Å². The molecular formula is C78H75F9N6O13S3. The minimum atomic E-state index is -4.52. The van der Waals surface area contributed by atoms with Gasteiger partial charge in [0.25, 0.3) is 5.97 Å². The molecule has 0 aliphatic heterocycles. The molecule has 19 nitrogen and oxygen atoms in total. The Morgan fingerprint density at radius 3 is 0.807 bits per heavy atom. The summed E-state index contributed by atoms with van der Waals surface area (Å²) in [5, 5.41) is 7.42. The molecule has 0 radical (unpaired) electrons. The van der Waals surface area contributed by atoms with Crippen molar-refractivity contribution in [3.63, 3.8) is 0 Å². The van der Waals surface area contributed by atoms with Gasteiger partial charge in [-0.15, -0.1) is 0 Å². The largest absolute Gasteiger partial charge is 0.481 e. The number of esters is 1. The summed E-state index contributed by atoms with van der Waals surface area (Å²) in [6.45, 7) is 10.5. The molecule has 3 aromatic heterocycles. The minimum Gasteiger partial charge on any atom is -0.481 e. The van der Waals surface area contributed by atoms with E-state index in [1.165, 1.54) is 61.5 Å². The number of hydrogen-bond acceptors (Lipinski definition) is 15. The molecule has 0 saturated heterocycles. The molecule has 0 fully saturated rings. The van der Waals surface area contributed by atoms with Crippen LogP contribution in [-0.2, 0) is 81.6 Å². The Kier molecular flexibility index (Phi) is 27.1. The fourth-order valence-electron chi connectivity index (χ4n) is 11.1. The SMILES string of the molecule is CC(=O)O.CCCc1nc2c(C(F)(F)F)cccc2n1-c1cccc(Oc2cccc(S(C)(=O)=O)c2)c1.CCCc1nc2c(C(F)(F)F)cccc2n1-c1cccc(Oc2cccc(S(C)(=O)=O)c2)c1.CCCc1nc2c(C(F)(F)F)cccc2n1-c1cccc(Oc2cccc(S(C)(=O)=O)c2)c1.CCOC(C)=O. The van der Waals surface area contributed by atoms with E-state index in [0.717, 1.165) is 43.9 Å². The number of ether oxygens (including phenoxy) is 4. The third kappa shape index (κ3) is 22.1. The number of imidazole rings is 3. The third-order valence-corrected chi connectivity index (χ3v) is 18.9. The van der Waals surface area contributed by atoms with Crippen LogP contribution >= 0.6 is 0 Å². The fraction of sp³-hybridized carbons (Fsp3) is 0.244. The van der Waals surface area contributed by atoms with Gasteiger partial charge in [0, 0.05) is 70.1 Å². The Labute approximate surface area is 622 Å². The average molecular weight is 1570 g/mol. The summed E-state index contributed by atoms with van der Waals surface area (Å²) in [5.41, 5.74) is 0.217. The van der Waals surface area contributed by atoms with Crippen LogP contribution in [0.2, 0.25) is 0 Å². The van der Waals surface area contributed by atoms with E-state index in [1.807, 2.05) is 20.8 Å². The molecule has 0 atom stereocenters. The highest BCUT2D eigenvalue weighted by Gasteiger charge is 2.37. The normalized spacial score (nSPS) is 11.8. The zero-order valence-electron chi connectivity index (χ0n) is 60.2. The highest BCUT2D eigenvalue weighted by atomic mass is 32.2. The van der Waals surface area contributed by atoms with Gasteiger partial charge in [-0.05, 0) is 154 Å². The van der Waals surface area contributed by atoms with Crippen LogP contribution in [-0.4, -0.2) is 96.3 Å². The molecule has 9 aromatic carbocycles. The van der Waals surface area contributed by atoms with Gasteiger partial charge in [0.2, 0.25) is 0 Å². The second-order valence-corrected chi connectivity index (χ2v) is 30.4. The maximum Gasteiger partial charge on any atom is 0.418 e. The van der Waals surface area contributed by atoms with E-state index in [9.17, 15) is 69.6 Å². The molecule has 0 aliphatic rings. The maximum absolute atomic E-state index is 13.6. The first-order valence-electron chi connectivity index (χ1n) is 33.5. The van der Waals surface area contributed by atoms with Crippen LogP contribution in [0, 0.1) is 0 Å². The summed E-state index contributed by atoms with van der Waals surface area (Å²) >= 11 is 0. The average Bonchev–Trinajstić information content (AvgIpc) is 1.63. The van der Waals surface area contributed by atoms with Crippen LogP contribution in [0.1, 0.15) is 95.0 Å². The highest BCUT2D eigenvalue weighted by molar-refractivity contribution is 7.91. The number of aryl methyl sites for hydroxylation is 3. The predicted molar refractivity (Wildman–Crippen MR) is 395 cm³/mol. The fourth-order valence-corrected chi connectivity index (χ4v) is 13.1. The summed E-state index contributed by atoms with van der Waals surface area (Å²) in [7, 11) is -10.2.